The highest BCUT2D eigenvalue weighted by molar-refractivity contribution is 7.99. The molecule has 0 saturated carbocycles. The Balaban J connectivity index is 1.65. The van der Waals surface area contributed by atoms with E-state index >= 15 is 0 Å². The monoisotopic (exact) mass is 615 g/mol. The second kappa shape index (κ2) is 11.0. The van der Waals surface area contributed by atoms with E-state index in [1.54, 1.807) is 57.2 Å². The lowest BCUT2D eigenvalue weighted by Crippen LogP contribution is -2.32. The Labute approximate surface area is 241 Å². The average Bonchev–Trinajstić information content (AvgIpc) is 3.22. The molecule has 206 valence electrons. The first kappa shape index (κ1) is 29.2. The molecule has 0 atom stereocenters. The number of nitrogens with zero attached hydrogens (tertiary/aromatic N) is 1. The lowest BCUT2D eigenvalue weighted by atomic mass is 10.1. The summed E-state index contributed by atoms with van der Waals surface area (Å²) >= 11 is 18.5. The van der Waals surface area contributed by atoms with Gasteiger partial charge in [-0.15, -0.1) is 0 Å². The van der Waals surface area contributed by atoms with E-state index in [0.717, 1.165) is 29.0 Å². The number of amides is 2. The smallest absolute Gasteiger partial charge is 0.412 e. The third kappa shape index (κ3) is 6.87. The molecule has 1 aliphatic rings. The van der Waals surface area contributed by atoms with Crippen LogP contribution in [0.2, 0.25) is 10.0 Å². The number of H-pyrrole nitrogens is 1. The standard InChI is InChI=1S/C26H22Cl3F2N3O4S/c1-25(2,3)38-24(37)32-15-8-7-13-11-34(12-14(13)9-15)23(36)20-18(10-19(26(29,30)31)33-22(20)35)39-21-16(27)5-4-6-17(21)28/h4-10H,11-12H2,1-3H3,(H,32,37)(H,33,35). The predicted molar refractivity (Wildman–Crippen MR) is 147 cm³/mol. The minimum Gasteiger partial charge on any atom is -0.444 e. The van der Waals surface area contributed by atoms with Crippen molar-refractivity contribution in [3.05, 3.63) is 85.2 Å². The van der Waals surface area contributed by atoms with Crippen LogP contribution >= 0.6 is 46.6 Å². The van der Waals surface area contributed by atoms with Gasteiger partial charge in [0.15, 0.2) is 0 Å². The molecular formula is C26H22Cl3F2N3O4S. The zero-order valence-electron chi connectivity index (χ0n) is 20.8. The molecule has 2 N–H and O–H groups in total. The molecule has 0 unspecified atom stereocenters. The normalized spacial score (nSPS) is 13.3. The molecule has 0 aliphatic carbocycles. The van der Waals surface area contributed by atoms with Crippen molar-refractivity contribution in [1.82, 2.24) is 9.88 Å². The molecular weight excluding hydrogens is 595 g/mol. The molecule has 39 heavy (non-hydrogen) atoms. The van der Waals surface area contributed by atoms with Crippen LogP contribution in [0.25, 0.3) is 0 Å². The van der Waals surface area contributed by atoms with Gasteiger partial charge >= 0.3 is 11.5 Å². The largest absolute Gasteiger partial charge is 0.444 e. The van der Waals surface area contributed by atoms with Gasteiger partial charge in [-0.3, -0.25) is 14.9 Å². The van der Waals surface area contributed by atoms with Crippen molar-refractivity contribution < 1.29 is 23.1 Å². The summed E-state index contributed by atoms with van der Waals surface area (Å²) in [5, 5.41) is -0.814. The van der Waals surface area contributed by atoms with Gasteiger partial charge in [0.05, 0.1) is 10.0 Å². The average molecular weight is 617 g/mol. The number of hydrogen-bond donors (Lipinski definition) is 2. The maximum atomic E-state index is 13.9. The van der Waals surface area contributed by atoms with Crippen molar-refractivity contribution in [1.29, 1.82) is 0 Å². The number of hydrogen-bond acceptors (Lipinski definition) is 5. The zero-order chi connectivity index (χ0) is 28.7. The molecule has 2 amide bonds. The summed E-state index contributed by atoms with van der Waals surface area (Å²) in [7, 11) is 0. The first-order valence-corrected chi connectivity index (χ1v) is 13.4. The fourth-order valence-corrected chi connectivity index (χ4v) is 5.60. The summed E-state index contributed by atoms with van der Waals surface area (Å²) in [5.41, 5.74) is -0.952. The van der Waals surface area contributed by atoms with Crippen LogP contribution in [0.5, 0.6) is 0 Å². The van der Waals surface area contributed by atoms with E-state index in [4.69, 9.17) is 39.5 Å². The molecule has 0 spiro atoms. The SMILES string of the molecule is CC(C)(C)OC(=O)Nc1ccc2c(c1)CN(C(=O)c1c(Sc3c(Cl)cccc3Cl)cc(C(F)(F)Cl)[nH]c1=O)C2. The Morgan fingerprint density at radius 1 is 1.05 bits per heavy atom. The van der Waals surface area contributed by atoms with E-state index in [-0.39, 0.29) is 38.5 Å². The van der Waals surface area contributed by atoms with E-state index in [1.165, 1.54) is 4.90 Å². The summed E-state index contributed by atoms with van der Waals surface area (Å²) < 4.78 is 33.2. The first-order chi connectivity index (χ1) is 18.1. The maximum absolute atomic E-state index is 13.9. The number of fused-ring (bicyclic) bond motifs is 1. The number of benzene rings is 2. The number of pyridine rings is 1. The van der Waals surface area contributed by atoms with Gasteiger partial charge in [-0.05, 0) is 73.8 Å². The van der Waals surface area contributed by atoms with Gasteiger partial charge in [0.2, 0.25) is 0 Å². The second-order valence-electron chi connectivity index (χ2n) is 9.67. The van der Waals surface area contributed by atoms with Gasteiger partial charge < -0.3 is 14.6 Å². The highest BCUT2D eigenvalue weighted by Crippen LogP contribution is 2.41. The Morgan fingerprint density at radius 3 is 2.31 bits per heavy atom. The number of alkyl halides is 3. The second-order valence-corrected chi connectivity index (χ2v) is 12.0. The third-order valence-corrected chi connectivity index (χ3v) is 7.75. The molecule has 4 rings (SSSR count). The van der Waals surface area contributed by atoms with Gasteiger partial charge in [-0.1, -0.05) is 47.1 Å². The van der Waals surface area contributed by atoms with Gasteiger partial charge in [-0.2, -0.15) is 8.78 Å². The molecule has 0 bridgehead atoms. The fourth-order valence-electron chi connectivity index (χ4n) is 3.86. The van der Waals surface area contributed by atoms with Crippen molar-refractivity contribution in [3.8, 4) is 0 Å². The summed E-state index contributed by atoms with van der Waals surface area (Å²) in [4.78, 5) is 42.4. The van der Waals surface area contributed by atoms with E-state index in [1.807, 2.05) is 4.98 Å². The van der Waals surface area contributed by atoms with Crippen LogP contribution in [0.15, 0.2) is 57.1 Å². The van der Waals surface area contributed by atoms with Crippen LogP contribution in [0.3, 0.4) is 0 Å². The number of rotatable bonds is 5. The molecule has 0 fully saturated rings. The van der Waals surface area contributed by atoms with Crippen LogP contribution in [-0.2, 0) is 23.2 Å². The molecule has 13 heteroatoms. The quantitative estimate of drug-likeness (QED) is 0.288. The molecule has 1 aromatic heterocycles. The fraction of sp³-hybridized carbons (Fsp3) is 0.269. The number of halogens is 5. The van der Waals surface area contributed by atoms with Crippen molar-refractivity contribution >= 4 is 64.3 Å². The number of carbonyl (C=O) groups excluding carboxylic acids is 2. The van der Waals surface area contributed by atoms with Gasteiger partial charge in [-0.25, -0.2) is 4.79 Å². The minimum atomic E-state index is -3.89. The van der Waals surface area contributed by atoms with Crippen LogP contribution in [0, 0.1) is 0 Å². The molecule has 1 aliphatic heterocycles. The highest BCUT2D eigenvalue weighted by Gasteiger charge is 2.34. The first-order valence-electron chi connectivity index (χ1n) is 11.5. The van der Waals surface area contributed by atoms with Crippen molar-refractivity contribution in [2.24, 2.45) is 0 Å². The van der Waals surface area contributed by atoms with E-state index in [9.17, 15) is 23.2 Å². The number of anilines is 1. The highest BCUT2D eigenvalue weighted by atomic mass is 35.5. The molecule has 7 nitrogen and oxygen atoms in total. The van der Waals surface area contributed by atoms with Crippen LogP contribution in [0.1, 0.15) is 48.0 Å². The Kier molecular flexibility index (Phi) is 8.23. The van der Waals surface area contributed by atoms with Crippen molar-refractivity contribution in [2.75, 3.05) is 5.32 Å². The topological polar surface area (TPSA) is 91.5 Å². The predicted octanol–water partition coefficient (Wildman–Crippen LogP) is 7.62. The molecule has 2 aromatic carbocycles. The summed E-state index contributed by atoms with van der Waals surface area (Å²) in [5.74, 6) is -0.691. The minimum absolute atomic E-state index is 0.0858. The van der Waals surface area contributed by atoms with E-state index < -0.39 is 34.2 Å². The number of nitrogens with one attached hydrogen (secondary N) is 2. The molecule has 2 heterocycles. The van der Waals surface area contributed by atoms with E-state index in [2.05, 4.69) is 5.32 Å². The Morgan fingerprint density at radius 2 is 1.69 bits per heavy atom. The van der Waals surface area contributed by atoms with Gasteiger partial charge in [0, 0.05) is 28.6 Å². The Hall–Kier alpha value is -2.79. The van der Waals surface area contributed by atoms with Crippen molar-refractivity contribution in [2.45, 2.75) is 54.6 Å². The molecule has 0 radical (unpaired) electrons. The summed E-state index contributed by atoms with van der Waals surface area (Å²) in [6.07, 6.45) is -0.629. The molecule has 3 aromatic rings. The maximum Gasteiger partial charge on any atom is 0.412 e. The van der Waals surface area contributed by atoms with Gasteiger partial charge in [0.1, 0.15) is 16.9 Å². The number of ether oxygens (including phenoxy) is 1. The van der Waals surface area contributed by atoms with Crippen molar-refractivity contribution in [3.63, 3.8) is 0 Å². The lowest BCUT2D eigenvalue weighted by molar-refractivity contribution is 0.0635. The third-order valence-electron chi connectivity index (χ3n) is 5.51. The number of aromatic amines is 1. The summed E-state index contributed by atoms with van der Waals surface area (Å²) in [6, 6.07) is 10.7. The van der Waals surface area contributed by atoms with Crippen LogP contribution in [0.4, 0.5) is 19.3 Å². The summed E-state index contributed by atoms with van der Waals surface area (Å²) in [6.45, 7) is 5.50. The number of carbonyl (C=O) groups is 2. The van der Waals surface area contributed by atoms with E-state index in [0.29, 0.717) is 5.69 Å². The number of aromatic nitrogens is 1. The van der Waals surface area contributed by atoms with Crippen LogP contribution < -0.4 is 10.9 Å². The van der Waals surface area contributed by atoms with Crippen LogP contribution in [-0.4, -0.2) is 27.5 Å². The zero-order valence-corrected chi connectivity index (χ0v) is 23.9. The Bertz CT molecular complexity index is 1500. The lowest BCUT2D eigenvalue weighted by Gasteiger charge is -2.19. The molecule has 0 saturated heterocycles. The van der Waals surface area contributed by atoms with Gasteiger partial charge in [0.25, 0.3) is 11.5 Å².